The van der Waals surface area contributed by atoms with Crippen molar-refractivity contribution < 1.29 is 23.5 Å². The molecule has 2 saturated heterocycles. The second-order valence-corrected chi connectivity index (χ2v) is 10.4. The number of carbonyl (C=O) groups is 3. The number of nitrogens with one attached hydrogen (secondary N) is 1. The third-order valence-electron chi connectivity index (χ3n) is 8.17. The van der Waals surface area contributed by atoms with Crippen molar-refractivity contribution in [2.75, 3.05) is 13.1 Å². The Morgan fingerprint density at radius 3 is 2.50 bits per heavy atom. The number of halogens is 1. The monoisotopic (exact) mass is 491 g/mol. The average Bonchev–Trinajstić information content (AvgIpc) is 3.16. The van der Waals surface area contributed by atoms with Crippen LogP contribution in [-0.2, 0) is 16.1 Å². The van der Waals surface area contributed by atoms with Crippen LogP contribution in [0, 0.1) is 5.82 Å². The van der Waals surface area contributed by atoms with Gasteiger partial charge in [0, 0.05) is 43.6 Å². The first-order chi connectivity index (χ1) is 17.5. The molecule has 1 unspecified atom stereocenters. The molecule has 188 valence electrons. The van der Waals surface area contributed by atoms with Gasteiger partial charge < -0.3 is 9.64 Å². The molecule has 8 heteroatoms. The van der Waals surface area contributed by atoms with E-state index >= 15 is 0 Å². The summed E-state index contributed by atoms with van der Waals surface area (Å²) in [6.07, 6.45) is 5.06. The van der Waals surface area contributed by atoms with Gasteiger partial charge in [-0.3, -0.25) is 24.6 Å². The molecule has 4 aliphatic rings. The lowest BCUT2D eigenvalue weighted by Gasteiger charge is -2.48. The first-order valence-corrected chi connectivity index (χ1v) is 12.9. The Labute approximate surface area is 209 Å². The van der Waals surface area contributed by atoms with Crippen molar-refractivity contribution in [3.05, 3.63) is 65.0 Å². The highest BCUT2D eigenvalue weighted by Crippen LogP contribution is 2.36. The molecule has 2 aromatic rings. The predicted molar refractivity (Wildman–Crippen MR) is 130 cm³/mol. The number of fused-ring (bicyclic) bond motifs is 1. The number of ether oxygens (including phenoxy) is 1. The lowest BCUT2D eigenvalue weighted by Crippen LogP contribution is -2.57. The largest absolute Gasteiger partial charge is 0.489 e. The number of nitrogens with zero attached hydrogens (tertiary/aromatic N) is 2. The van der Waals surface area contributed by atoms with E-state index in [0.29, 0.717) is 30.5 Å². The van der Waals surface area contributed by atoms with Crippen LogP contribution in [0.1, 0.15) is 65.9 Å². The molecule has 1 saturated carbocycles. The summed E-state index contributed by atoms with van der Waals surface area (Å²) in [6, 6.07) is 12.1. The Morgan fingerprint density at radius 1 is 0.944 bits per heavy atom. The zero-order valence-corrected chi connectivity index (χ0v) is 20.1. The highest BCUT2D eigenvalue weighted by Gasteiger charge is 2.41. The number of hydrogen-bond acceptors (Lipinski definition) is 5. The minimum Gasteiger partial charge on any atom is -0.489 e. The molecule has 3 heterocycles. The van der Waals surface area contributed by atoms with E-state index in [4.69, 9.17) is 4.74 Å². The van der Waals surface area contributed by atoms with Crippen LogP contribution in [0.25, 0.3) is 0 Å². The van der Waals surface area contributed by atoms with E-state index in [1.807, 2.05) is 24.3 Å². The van der Waals surface area contributed by atoms with Crippen molar-refractivity contribution in [1.29, 1.82) is 0 Å². The SMILES string of the molecule is O=C1CCC(N2Cc3cc(O[C@H]4CCCC[C@H]4N4CC(c5ccc(F)cc5)C4)ccc3C2=O)C(=O)N1. The topological polar surface area (TPSA) is 79.0 Å². The van der Waals surface area contributed by atoms with Crippen LogP contribution in [0.15, 0.2) is 42.5 Å². The maximum Gasteiger partial charge on any atom is 0.255 e. The summed E-state index contributed by atoms with van der Waals surface area (Å²) in [5.74, 6) is 0.115. The van der Waals surface area contributed by atoms with Crippen molar-refractivity contribution in [2.45, 2.75) is 69.2 Å². The molecule has 3 aliphatic heterocycles. The number of benzene rings is 2. The summed E-state index contributed by atoms with van der Waals surface area (Å²) >= 11 is 0. The van der Waals surface area contributed by atoms with Crippen molar-refractivity contribution in [3.63, 3.8) is 0 Å². The highest BCUT2D eigenvalue weighted by molar-refractivity contribution is 6.05. The van der Waals surface area contributed by atoms with E-state index in [1.165, 1.54) is 24.1 Å². The van der Waals surface area contributed by atoms with Crippen molar-refractivity contribution in [2.24, 2.45) is 0 Å². The van der Waals surface area contributed by atoms with Crippen LogP contribution in [0.3, 0.4) is 0 Å². The molecular weight excluding hydrogens is 461 g/mol. The molecule has 3 atom stereocenters. The van der Waals surface area contributed by atoms with Crippen LogP contribution in [0.2, 0.25) is 0 Å². The molecule has 36 heavy (non-hydrogen) atoms. The quantitative estimate of drug-likeness (QED) is 0.649. The van der Waals surface area contributed by atoms with Crippen LogP contribution in [0.5, 0.6) is 5.75 Å². The van der Waals surface area contributed by atoms with Crippen LogP contribution in [0.4, 0.5) is 4.39 Å². The Bertz CT molecular complexity index is 1190. The zero-order chi connectivity index (χ0) is 24.8. The molecule has 0 bridgehead atoms. The maximum atomic E-state index is 13.3. The third kappa shape index (κ3) is 4.28. The fourth-order valence-electron chi connectivity index (χ4n) is 6.16. The number of carbonyl (C=O) groups excluding carboxylic acids is 3. The molecule has 0 aromatic heterocycles. The van der Waals surface area contributed by atoms with Gasteiger partial charge in [0.05, 0.1) is 0 Å². The lowest BCUT2D eigenvalue weighted by atomic mass is 9.84. The van der Waals surface area contributed by atoms with Gasteiger partial charge in [0.2, 0.25) is 11.8 Å². The molecule has 2 aromatic carbocycles. The van der Waals surface area contributed by atoms with Gasteiger partial charge >= 0.3 is 0 Å². The minimum absolute atomic E-state index is 0.0781. The number of likely N-dealkylation sites (tertiary alicyclic amines) is 1. The first-order valence-electron chi connectivity index (χ1n) is 12.9. The fourth-order valence-corrected chi connectivity index (χ4v) is 6.16. The summed E-state index contributed by atoms with van der Waals surface area (Å²) < 4.78 is 19.8. The van der Waals surface area contributed by atoms with Crippen LogP contribution in [-0.4, -0.2) is 58.8 Å². The van der Waals surface area contributed by atoms with Crippen molar-refractivity contribution in [1.82, 2.24) is 15.1 Å². The number of hydrogen-bond donors (Lipinski definition) is 1. The van der Waals surface area contributed by atoms with Gasteiger partial charge in [0.25, 0.3) is 5.91 Å². The molecular formula is C28H30FN3O4. The van der Waals surface area contributed by atoms with E-state index in [0.717, 1.165) is 43.7 Å². The van der Waals surface area contributed by atoms with Gasteiger partial charge in [-0.25, -0.2) is 4.39 Å². The van der Waals surface area contributed by atoms with Gasteiger partial charge in [-0.2, -0.15) is 0 Å². The highest BCUT2D eigenvalue weighted by atomic mass is 19.1. The van der Waals surface area contributed by atoms with Gasteiger partial charge in [-0.15, -0.1) is 0 Å². The zero-order valence-electron chi connectivity index (χ0n) is 20.1. The van der Waals surface area contributed by atoms with Gasteiger partial charge in [-0.1, -0.05) is 18.6 Å². The third-order valence-corrected chi connectivity index (χ3v) is 8.17. The Kier molecular flexibility index (Phi) is 5.99. The van der Waals surface area contributed by atoms with Crippen molar-refractivity contribution >= 4 is 17.7 Å². The standard InChI is InChI=1S/C28H30FN3O4/c29-20-7-5-17(6-8-20)19-14-31(15-19)23-3-1-2-4-25(23)36-21-9-10-22-18(13-21)16-32(28(22)35)24-11-12-26(33)30-27(24)34/h5-10,13,19,23-25H,1-4,11-12,14-16H2,(H,30,33,34)/t23-,24?,25+/m1/s1. The summed E-state index contributed by atoms with van der Waals surface area (Å²) in [7, 11) is 0. The van der Waals surface area contributed by atoms with Crippen molar-refractivity contribution in [3.8, 4) is 5.75 Å². The molecule has 0 spiro atoms. The second kappa shape index (κ2) is 9.32. The van der Waals surface area contributed by atoms with E-state index in [1.54, 1.807) is 11.0 Å². The van der Waals surface area contributed by atoms with Gasteiger partial charge in [0.1, 0.15) is 23.7 Å². The molecule has 1 N–H and O–H groups in total. The molecule has 6 rings (SSSR count). The van der Waals surface area contributed by atoms with Crippen LogP contribution < -0.4 is 10.1 Å². The number of rotatable bonds is 5. The van der Waals surface area contributed by atoms with E-state index in [9.17, 15) is 18.8 Å². The minimum atomic E-state index is -0.616. The van der Waals surface area contributed by atoms with Gasteiger partial charge in [-0.05, 0) is 67.1 Å². The number of imide groups is 1. The number of amides is 3. The molecule has 3 amide bonds. The van der Waals surface area contributed by atoms with Crippen LogP contribution >= 0.6 is 0 Å². The van der Waals surface area contributed by atoms with E-state index in [-0.39, 0.29) is 30.2 Å². The molecule has 0 radical (unpaired) electrons. The predicted octanol–water partition coefficient (Wildman–Crippen LogP) is 3.38. The van der Waals surface area contributed by atoms with E-state index < -0.39 is 11.9 Å². The Balaban J connectivity index is 1.11. The smallest absolute Gasteiger partial charge is 0.255 e. The Hall–Kier alpha value is -3.26. The van der Waals surface area contributed by atoms with Gasteiger partial charge in [0.15, 0.2) is 0 Å². The molecule has 7 nitrogen and oxygen atoms in total. The van der Waals surface area contributed by atoms with E-state index in [2.05, 4.69) is 10.2 Å². The summed E-state index contributed by atoms with van der Waals surface area (Å²) in [4.78, 5) is 40.8. The summed E-state index contributed by atoms with van der Waals surface area (Å²) in [6.45, 7) is 2.25. The second-order valence-electron chi connectivity index (χ2n) is 10.4. The average molecular weight is 492 g/mol. The maximum absolute atomic E-state index is 13.3. The molecule has 1 aliphatic carbocycles. The summed E-state index contributed by atoms with van der Waals surface area (Å²) in [5, 5.41) is 2.34. The number of piperidine rings is 1. The lowest BCUT2D eigenvalue weighted by molar-refractivity contribution is -0.136. The normalized spacial score (nSPS) is 27.0. The fraction of sp³-hybridized carbons (Fsp3) is 0.464. The Morgan fingerprint density at radius 2 is 1.72 bits per heavy atom. The first kappa shape index (κ1) is 23.2. The molecule has 3 fully saturated rings. The summed E-state index contributed by atoms with van der Waals surface area (Å²) in [5.41, 5.74) is 2.64.